The standard InChI is InChI=1S/C15H19ClN2O3/c16-12-6-4-11(5-7-12)10-17-14(21)18-15(13(19)20)8-2-1-3-9-15/h4-7H,1-3,8-10H2,(H,19,20)(H2,17,18,21). The minimum atomic E-state index is -1.12. The molecule has 1 aliphatic carbocycles. The number of carbonyl (C=O) groups is 2. The molecule has 2 amide bonds. The van der Waals surface area contributed by atoms with Crippen LogP contribution in [0.25, 0.3) is 0 Å². The van der Waals surface area contributed by atoms with Gasteiger partial charge in [0.15, 0.2) is 0 Å². The topological polar surface area (TPSA) is 78.4 Å². The molecule has 1 fully saturated rings. The summed E-state index contributed by atoms with van der Waals surface area (Å²) in [5, 5.41) is 15.4. The molecule has 0 atom stereocenters. The molecule has 0 heterocycles. The summed E-state index contributed by atoms with van der Waals surface area (Å²) in [5.41, 5.74) is -0.218. The number of amides is 2. The minimum Gasteiger partial charge on any atom is -0.480 e. The van der Waals surface area contributed by atoms with Gasteiger partial charge in [0.25, 0.3) is 0 Å². The van der Waals surface area contributed by atoms with Crippen LogP contribution in [0.1, 0.15) is 37.7 Å². The molecule has 0 radical (unpaired) electrons. The van der Waals surface area contributed by atoms with Crippen LogP contribution < -0.4 is 10.6 Å². The Morgan fingerprint density at radius 3 is 2.33 bits per heavy atom. The van der Waals surface area contributed by atoms with Gasteiger partial charge in [-0.15, -0.1) is 0 Å². The molecule has 2 rings (SSSR count). The fraction of sp³-hybridized carbons (Fsp3) is 0.467. The molecule has 1 saturated carbocycles. The average Bonchev–Trinajstić information content (AvgIpc) is 2.47. The lowest BCUT2D eigenvalue weighted by molar-refractivity contribution is -0.145. The highest BCUT2D eigenvalue weighted by Crippen LogP contribution is 2.28. The van der Waals surface area contributed by atoms with Crippen molar-refractivity contribution in [3.8, 4) is 0 Å². The third-order valence-corrected chi connectivity index (χ3v) is 4.09. The maximum absolute atomic E-state index is 11.9. The van der Waals surface area contributed by atoms with Crippen molar-refractivity contribution < 1.29 is 14.7 Å². The summed E-state index contributed by atoms with van der Waals surface area (Å²) in [6.45, 7) is 0.332. The summed E-state index contributed by atoms with van der Waals surface area (Å²) >= 11 is 5.79. The van der Waals surface area contributed by atoms with E-state index >= 15 is 0 Å². The summed E-state index contributed by atoms with van der Waals surface area (Å²) in [6.07, 6.45) is 3.63. The fourth-order valence-corrected chi connectivity index (χ4v) is 2.72. The van der Waals surface area contributed by atoms with Crippen LogP contribution in [-0.4, -0.2) is 22.6 Å². The fourth-order valence-electron chi connectivity index (χ4n) is 2.59. The van der Waals surface area contributed by atoms with Gasteiger partial charge in [0, 0.05) is 11.6 Å². The molecule has 3 N–H and O–H groups in total. The van der Waals surface area contributed by atoms with E-state index in [-0.39, 0.29) is 0 Å². The lowest BCUT2D eigenvalue weighted by atomic mass is 9.82. The third-order valence-electron chi connectivity index (χ3n) is 3.84. The van der Waals surface area contributed by atoms with E-state index < -0.39 is 17.5 Å². The van der Waals surface area contributed by atoms with Crippen LogP contribution in [0.2, 0.25) is 5.02 Å². The number of urea groups is 1. The smallest absolute Gasteiger partial charge is 0.329 e. The van der Waals surface area contributed by atoms with Gasteiger partial charge in [-0.05, 0) is 30.5 Å². The minimum absolute atomic E-state index is 0.332. The number of nitrogens with one attached hydrogen (secondary N) is 2. The Balaban J connectivity index is 1.90. The van der Waals surface area contributed by atoms with Crippen molar-refractivity contribution in [2.24, 2.45) is 0 Å². The highest BCUT2D eigenvalue weighted by molar-refractivity contribution is 6.30. The number of benzene rings is 1. The number of carboxylic acid groups (broad SMARTS) is 1. The van der Waals surface area contributed by atoms with Crippen LogP contribution >= 0.6 is 11.6 Å². The molecule has 0 aromatic heterocycles. The molecule has 114 valence electrons. The second kappa shape index (κ2) is 6.80. The number of carbonyl (C=O) groups excluding carboxylic acids is 1. The van der Waals surface area contributed by atoms with Crippen LogP contribution in [0.3, 0.4) is 0 Å². The number of hydrogen-bond donors (Lipinski definition) is 3. The molecule has 5 nitrogen and oxygen atoms in total. The highest BCUT2D eigenvalue weighted by Gasteiger charge is 2.40. The number of halogens is 1. The highest BCUT2D eigenvalue weighted by atomic mass is 35.5. The lowest BCUT2D eigenvalue weighted by Crippen LogP contribution is -2.57. The van der Waals surface area contributed by atoms with E-state index in [0.29, 0.717) is 24.4 Å². The van der Waals surface area contributed by atoms with E-state index in [4.69, 9.17) is 11.6 Å². The van der Waals surface area contributed by atoms with Crippen LogP contribution in [-0.2, 0) is 11.3 Å². The Bertz CT molecular complexity index is 510. The van der Waals surface area contributed by atoms with E-state index in [1.807, 2.05) is 12.1 Å². The van der Waals surface area contributed by atoms with Crippen molar-refractivity contribution in [3.63, 3.8) is 0 Å². The van der Waals surface area contributed by atoms with Gasteiger partial charge in [0.05, 0.1) is 0 Å². The Labute approximate surface area is 128 Å². The summed E-state index contributed by atoms with van der Waals surface area (Å²) in [7, 11) is 0. The molecule has 1 aliphatic rings. The first-order valence-electron chi connectivity index (χ1n) is 7.06. The number of aliphatic carboxylic acids is 1. The average molecular weight is 311 g/mol. The van der Waals surface area contributed by atoms with E-state index in [9.17, 15) is 14.7 Å². The number of hydrogen-bond acceptors (Lipinski definition) is 2. The largest absolute Gasteiger partial charge is 0.480 e. The van der Waals surface area contributed by atoms with Gasteiger partial charge in [-0.3, -0.25) is 0 Å². The first-order chi connectivity index (χ1) is 10.0. The van der Waals surface area contributed by atoms with Crippen molar-refractivity contribution in [1.82, 2.24) is 10.6 Å². The molecular formula is C15H19ClN2O3. The molecule has 0 bridgehead atoms. The number of rotatable bonds is 4. The van der Waals surface area contributed by atoms with Crippen molar-refractivity contribution in [2.75, 3.05) is 0 Å². The molecule has 0 unspecified atom stereocenters. The lowest BCUT2D eigenvalue weighted by Gasteiger charge is -2.33. The van der Waals surface area contributed by atoms with Crippen molar-refractivity contribution in [2.45, 2.75) is 44.2 Å². The molecule has 21 heavy (non-hydrogen) atoms. The van der Waals surface area contributed by atoms with E-state index in [2.05, 4.69) is 10.6 Å². The second-order valence-corrected chi connectivity index (χ2v) is 5.82. The monoisotopic (exact) mass is 310 g/mol. The summed E-state index contributed by atoms with van der Waals surface area (Å²) in [5.74, 6) is -0.955. The van der Waals surface area contributed by atoms with E-state index in [1.165, 1.54) is 0 Å². The first-order valence-corrected chi connectivity index (χ1v) is 7.43. The summed E-state index contributed by atoms with van der Waals surface area (Å²) in [6, 6.07) is 6.67. The Kier molecular flexibility index (Phi) is 5.07. The Morgan fingerprint density at radius 1 is 1.14 bits per heavy atom. The molecule has 6 heteroatoms. The van der Waals surface area contributed by atoms with E-state index in [1.54, 1.807) is 12.1 Å². The zero-order valence-electron chi connectivity index (χ0n) is 11.7. The summed E-state index contributed by atoms with van der Waals surface area (Å²) < 4.78 is 0. The van der Waals surface area contributed by atoms with Gasteiger partial charge in [0.1, 0.15) is 5.54 Å². The first kappa shape index (κ1) is 15.6. The van der Waals surface area contributed by atoms with Crippen molar-refractivity contribution in [1.29, 1.82) is 0 Å². The molecule has 0 spiro atoms. The van der Waals surface area contributed by atoms with Crippen LogP contribution in [0.4, 0.5) is 4.79 Å². The zero-order chi connectivity index (χ0) is 15.3. The quantitative estimate of drug-likeness (QED) is 0.800. The van der Waals surface area contributed by atoms with Crippen LogP contribution in [0.15, 0.2) is 24.3 Å². The Hall–Kier alpha value is -1.75. The zero-order valence-corrected chi connectivity index (χ0v) is 12.4. The maximum atomic E-state index is 11.9. The molecular weight excluding hydrogens is 292 g/mol. The van der Waals surface area contributed by atoms with Crippen LogP contribution in [0, 0.1) is 0 Å². The SMILES string of the molecule is O=C(NCc1ccc(Cl)cc1)NC1(C(=O)O)CCCCC1. The van der Waals surface area contributed by atoms with Gasteiger partial charge in [-0.25, -0.2) is 9.59 Å². The predicted molar refractivity (Wildman–Crippen MR) is 80.3 cm³/mol. The normalized spacial score (nSPS) is 17.0. The van der Waals surface area contributed by atoms with Crippen molar-refractivity contribution >= 4 is 23.6 Å². The number of carboxylic acids is 1. The van der Waals surface area contributed by atoms with E-state index in [0.717, 1.165) is 24.8 Å². The molecule has 1 aromatic carbocycles. The predicted octanol–water partition coefficient (Wildman–Crippen LogP) is 2.93. The third kappa shape index (κ3) is 4.11. The molecule has 1 aromatic rings. The van der Waals surface area contributed by atoms with Gasteiger partial charge < -0.3 is 15.7 Å². The van der Waals surface area contributed by atoms with Gasteiger partial charge in [0.2, 0.25) is 0 Å². The van der Waals surface area contributed by atoms with Gasteiger partial charge in [-0.2, -0.15) is 0 Å². The molecule has 0 saturated heterocycles. The van der Waals surface area contributed by atoms with Crippen LogP contribution in [0.5, 0.6) is 0 Å². The van der Waals surface area contributed by atoms with Gasteiger partial charge >= 0.3 is 12.0 Å². The van der Waals surface area contributed by atoms with Crippen molar-refractivity contribution in [3.05, 3.63) is 34.9 Å². The Morgan fingerprint density at radius 2 is 1.76 bits per heavy atom. The second-order valence-electron chi connectivity index (χ2n) is 5.38. The summed E-state index contributed by atoms with van der Waals surface area (Å²) in [4.78, 5) is 23.4. The maximum Gasteiger partial charge on any atom is 0.329 e. The van der Waals surface area contributed by atoms with Gasteiger partial charge in [-0.1, -0.05) is 43.0 Å². The molecule has 0 aliphatic heterocycles.